The summed E-state index contributed by atoms with van der Waals surface area (Å²) in [5.41, 5.74) is 1.17. The molecule has 3 amide bonds. The van der Waals surface area contributed by atoms with Crippen LogP contribution in [0.4, 0.5) is 15.6 Å². The van der Waals surface area contributed by atoms with Crippen molar-refractivity contribution in [1.82, 2.24) is 10.3 Å². The van der Waals surface area contributed by atoms with E-state index in [2.05, 4.69) is 20.9 Å². The third kappa shape index (κ3) is 5.58. The number of benzene rings is 1. The Hall–Kier alpha value is -2.32. The lowest BCUT2D eigenvalue weighted by molar-refractivity contribution is -0.115. The molecule has 7 nitrogen and oxygen atoms in total. The van der Waals surface area contributed by atoms with Gasteiger partial charge in [0, 0.05) is 17.1 Å². The van der Waals surface area contributed by atoms with Crippen molar-refractivity contribution >= 4 is 45.7 Å². The summed E-state index contributed by atoms with van der Waals surface area (Å²) < 4.78 is 5.08. The summed E-state index contributed by atoms with van der Waals surface area (Å²) in [6.07, 6.45) is 4.45. The smallest absolute Gasteiger partial charge is 0.321 e. The molecule has 0 spiro atoms. The second kappa shape index (κ2) is 9.05. The topological polar surface area (TPSA) is 92.4 Å². The molecule has 0 unspecified atom stereocenters. The lowest BCUT2D eigenvalue weighted by Crippen LogP contribution is -2.36. The SMILES string of the molecule is COc1ccc(NC(=O)Cc2csc(NC(=O)NC3CCCC3)n2)cc1Cl. The van der Waals surface area contributed by atoms with Gasteiger partial charge < -0.3 is 15.4 Å². The molecule has 1 aromatic carbocycles. The van der Waals surface area contributed by atoms with Crippen LogP contribution in [-0.2, 0) is 11.2 Å². The number of thiazole rings is 1. The molecule has 0 aliphatic heterocycles. The number of rotatable bonds is 6. The van der Waals surface area contributed by atoms with Gasteiger partial charge in [-0.15, -0.1) is 11.3 Å². The number of nitrogens with zero attached hydrogens (tertiary/aromatic N) is 1. The number of aromatic nitrogens is 1. The lowest BCUT2D eigenvalue weighted by Gasteiger charge is -2.11. The number of nitrogens with one attached hydrogen (secondary N) is 3. The molecule has 0 saturated heterocycles. The van der Waals surface area contributed by atoms with Gasteiger partial charge in [-0.25, -0.2) is 9.78 Å². The Balaban J connectivity index is 1.50. The minimum atomic E-state index is -0.250. The van der Waals surface area contributed by atoms with Gasteiger partial charge in [0.25, 0.3) is 0 Å². The fraction of sp³-hybridized carbons (Fsp3) is 0.389. The van der Waals surface area contributed by atoms with Crippen molar-refractivity contribution in [2.24, 2.45) is 0 Å². The zero-order chi connectivity index (χ0) is 19.2. The largest absolute Gasteiger partial charge is 0.495 e. The molecule has 1 aliphatic carbocycles. The fourth-order valence-corrected chi connectivity index (χ4v) is 3.91. The molecule has 2 aromatic rings. The third-order valence-electron chi connectivity index (χ3n) is 4.24. The molecule has 0 bridgehead atoms. The van der Waals surface area contributed by atoms with Gasteiger partial charge in [0.15, 0.2) is 5.13 Å². The summed E-state index contributed by atoms with van der Waals surface area (Å²) in [4.78, 5) is 28.4. The number of carbonyl (C=O) groups excluding carboxylic acids is 2. The van der Waals surface area contributed by atoms with E-state index < -0.39 is 0 Å². The first-order valence-electron chi connectivity index (χ1n) is 8.69. The molecule has 9 heteroatoms. The highest BCUT2D eigenvalue weighted by molar-refractivity contribution is 7.13. The molecule has 144 valence electrons. The number of halogens is 1. The molecule has 0 radical (unpaired) electrons. The van der Waals surface area contributed by atoms with Crippen LogP contribution in [0.5, 0.6) is 5.75 Å². The second-order valence-electron chi connectivity index (χ2n) is 6.30. The maximum atomic E-state index is 12.2. The number of urea groups is 1. The molecular weight excluding hydrogens is 388 g/mol. The summed E-state index contributed by atoms with van der Waals surface area (Å²) in [5.74, 6) is 0.323. The Morgan fingerprint density at radius 1 is 1.30 bits per heavy atom. The van der Waals surface area contributed by atoms with Crippen LogP contribution in [0.3, 0.4) is 0 Å². The Labute approximate surface area is 166 Å². The molecular formula is C18H21ClN4O3S. The highest BCUT2D eigenvalue weighted by Gasteiger charge is 2.18. The fourth-order valence-electron chi connectivity index (χ4n) is 2.95. The Kier molecular flexibility index (Phi) is 6.52. The van der Waals surface area contributed by atoms with Gasteiger partial charge in [-0.2, -0.15) is 0 Å². The van der Waals surface area contributed by atoms with Crippen molar-refractivity contribution in [1.29, 1.82) is 0 Å². The third-order valence-corrected chi connectivity index (χ3v) is 5.34. The molecule has 1 heterocycles. The van der Waals surface area contributed by atoms with Gasteiger partial charge in [0.05, 0.1) is 24.2 Å². The van der Waals surface area contributed by atoms with Crippen LogP contribution in [0.15, 0.2) is 23.6 Å². The van der Waals surface area contributed by atoms with Gasteiger partial charge in [0.1, 0.15) is 5.75 Å². The minimum Gasteiger partial charge on any atom is -0.495 e. The first-order valence-corrected chi connectivity index (χ1v) is 9.94. The van der Waals surface area contributed by atoms with E-state index >= 15 is 0 Å². The number of ether oxygens (including phenoxy) is 1. The van der Waals surface area contributed by atoms with Gasteiger partial charge in [-0.05, 0) is 31.0 Å². The summed E-state index contributed by atoms with van der Waals surface area (Å²) in [7, 11) is 1.53. The molecule has 1 aromatic heterocycles. The standard InChI is InChI=1S/C18H21ClN4O3S/c1-26-15-7-6-12(8-14(15)19)20-16(24)9-13-10-27-18(22-13)23-17(25)21-11-4-2-3-5-11/h6-8,10-11H,2-5,9H2,1H3,(H,20,24)(H2,21,22,23,25). The van der Waals surface area contributed by atoms with Crippen molar-refractivity contribution in [3.63, 3.8) is 0 Å². The maximum absolute atomic E-state index is 12.2. The summed E-state index contributed by atoms with van der Waals surface area (Å²) in [6, 6.07) is 5.02. The van der Waals surface area contributed by atoms with E-state index in [1.807, 2.05) is 0 Å². The van der Waals surface area contributed by atoms with E-state index in [0.717, 1.165) is 25.7 Å². The highest BCUT2D eigenvalue weighted by Crippen LogP contribution is 2.27. The van der Waals surface area contributed by atoms with E-state index in [0.29, 0.717) is 27.3 Å². The van der Waals surface area contributed by atoms with Crippen LogP contribution in [0, 0.1) is 0 Å². The molecule has 3 N–H and O–H groups in total. The van der Waals surface area contributed by atoms with E-state index in [1.165, 1.54) is 18.4 Å². The van der Waals surface area contributed by atoms with Crippen LogP contribution in [0.25, 0.3) is 0 Å². The first kappa shape index (κ1) is 19.4. The van der Waals surface area contributed by atoms with Crippen LogP contribution < -0.4 is 20.7 Å². The average Bonchev–Trinajstić information content (AvgIpc) is 3.27. The molecule has 1 aliphatic rings. The summed E-state index contributed by atoms with van der Waals surface area (Å²) in [5, 5.41) is 11.1. The number of carbonyl (C=O) groups is 2. The quantitative estimate of drug-likeness (QED) is 0.672. The van der Waals surface area contributed by atoms with Crippen molar-refractivity contribution in [2.75, 3.05) is 17.7 Å². The average molecular weight is 409 g/mol. The first-order chi connectivity index (χ1) is 13.0. The summed E-state index contributed by atoms with van der Waals surface area (Å²) >= 11 is 7.34. The van der Waals surface area contributed by atoms with Gasteiger partial charge in [0.2, 0.25) is 5.91 Å². The Bertz CT molecular complexity index is 821. The second-order valence-corrected chi connectivity index (χ2v) is 7.56. The normalized spacial score (nSPS) is 14.0. The van der Waals surface area contributed by atoms with Crippen LogP contribution in [-0.4, -0.2) is 30.1 Å². The number of amides is 3. The van der Waals surface area contributed by atoms with Gasteiger partial charge in [-0.3, -0.25) is 10.1 Å². The molecule has 3 rings (SSSR count). The van der Waals surface area contributed by atoms with E-state index in [-0.39, 0.29) is 24.4 Å². The predicted molar refractivity (Wildman–Crippen MR) is 107 cm³/mol. The van der Waals surface area contributed by atoms with Crippen molar-refractivity contribution < 1.29 is 14.3 Å². The van der Waals surface area contributed by atoms with Crippen molar-refractivity contribution in [2.45, 2.75) is 38.1 Å². The Morgan fingerprint density at radius 2 is 2.07 bits per heavy atom. The minimum absolute atomic E-state index is 0.103. The predicted octanol–water partition coefficient (Wildman–Crippen LogP) is 4.05. The number of methoxy groups -OCH3 is 1. The highest BCUT2D eigenvalue weighted by atomic mass is 35.5. The zero-order valence-corrected chi connectivity index (χ0v) is 16.5. The monoisotopic (exact) mass is 408 g/mol. The molecule has 27 heavy (non-hydrogen) atoms. The number of anilines is 2. The van der Waals surface area contributed by atoms with Crippen LogP contribution >= 0.6 is 22.9 Å². The Morgan fingerprint density at radius 3 is 2.78 bits per heavy atom. The van der Waals surface area contributed by atoms with E-state index in [9.17, 15) is 9.59 Å². The van der Waals surface area contributed by atoms with Crippen LogP contribution in [0.2, 0.25) is 5.02 Å². The molecule has 1 saturated carbocycles. The van der Waals surface area contributed by atoms with E-state index in [1.54, 1.807) is 23.6 Å². The lowest BCUT2D eigenvalue weighted by atomic mass is 10.2. The number of hydrogen-bond donors (Lipinski definition) is 3. The number of hydrogen-bond acceptors (Lipinski definition) is 5. The van der Waals surface area contributed by atoms with E-state index in [4.69, 9.17) is 16.3 Å². The van der Waals surface area contributed by atoms with Crippen LogP contribution in [0.1, 0.15) is 31.4 Å². The maximum Gasteiger partial charge on any atom is 0.321 e. The van der Waals surface area contributed by atoms with Gasteiger partial charge in [-0.1, -0.05) is 24.4 Å². The summed E-state index contributed by atoms with van der Waals surface area (Å²) in [6.45, 7) is 0. The zero-order valence-electron chi connectivity index (χ0n) is 14.9. The van der Waals surface area contributed by atoms with Crippen molar-refractivity contribution in [3.8, 4) is 5.75 Å². The van der Waals surface area contributed by atoms with Crippen molar-refractivity contribution in [3.05, 3.63) is 34.3 Å². The van der Waals surface area contributed by atoms with Gasteiger partial charge >= 0.3 is 6.03 Å². The molecule has 1 fully saturated rings. The molecule has 0 atom stereocenters.